The van der Waals surface area contributed by atoms with Gasteiger partial charge in [0.25, 0.3) is 11.1 Å². The molecule has 1 aliphatic heterocycles. The largest absolute Gasteiger partial charge is 0.487 e. The second kappa shape index (κ2) is 11.6. The molecule has 0 atom stereocenters. The fraction of sp³-hybridized carbons (Fsp3) is 0.115. The van der Waals surface area contributed by atoms with Crippen LogP contribution in [0.2, 0.25) is 0 Å². The lowest BCUT2D eigenvalue weighted by Crippen LogP contribution is -2.36. The zero-order valence-electron chi connectivity index (χ0n) is 18.6. The van der Waals surface area contributed by atoms with Gasteiger partial charge in [0, 0.05) is 5.69 Å². The molecule has 1 N–H and O–H groups in total. The standard InChI is InChI=1S/C26H20I2N2O4S/c1-16-7-5-6-10-21(16)29-23(31)14-30-25(32)22(35-26(30)33)13-18-11-19(27)24(20(28)12-18)34-15-17-8-3-2-4-9-17/h2-13H,14-15H2,1H3,(H,29,31)/b22-13+. The van der Waals surface area contributed by atoms with Crippen LogP contribution in [0.5, 0.6) is 5.75 Å². The highest BCUT2D eigenvalue weighted by atomic mass is 127. The third kappa shape index (κ3) is 6.44. The summed E-state index contributed by atoms with van der Waals surface area (Å²) in [5, 5.41) is 2.29. The Bertz CT molecular complexity index is 1300. The van der Waals surface area contributed by atoms with Crippen molar-refractivity contribution in [3.63, 3.8) is 0 Å². The van der Waals surface area contributed by atoms with Crippen molar-refractivity contribution in [1.29, 1.82) is 0 Å². The fourth-order valence-electron chi connectivity index (χ4n) is 3.36. The van der Waals surface area contributed by atoms with Crippen molar-refractivity contribution in [2.45, 2.75) is 13.5 Å². The van der Waals surface area contributed by atoms with Crippen LogP contribution in [0, 0.1) is 14.1 Å². The van der Waals surface area contributed by atoms with Gasteiger partial charge in [0.15, 0.2) is 0 Å². The average molecular weight is 710 g/mol. The molecule has 0 bridgehead atoms. The first-order valence-electron chi connectivity index (χ1n) is 10.6. The van der Waals surface area contributed by atoms with E-state index in [0.29, 0.717) is 12.3 Å². The number of carbonyl (C=O) groups excluding carboxylic acids is 3. The topological polar surface area (TPSA) is 75.7 Å². The monoisotopic (exact) mass is 710 g/mol. The first-order chi connectivity index (χ1) is 16.8. The van der Waals surface area contributed by atoms with E-state index in [0.717, 1.165) is 46.2 Å². The van der Waals surface area contributed by atoms with E-state index in [1.54, 1.807) is 12.1 Å². The number of nitrogens with one attached hydrogen (secondary N) is 1. The van der Waals surface area contributed by atoms with E-state index in [9.17, 15) is 14.4 Å². The Morgan fingerprint density at radius 3 is 2.37 bits per heavy atom. The molecule has 0 aliphatic carbocycles. The quantitative estimate of drug-likeness (QED) is 0.225. The van der Waals surface area contributed by atoms with Gasteiger partial charge in [-0.1, -0.05) is 48.5 Å². The molecule has 178 valence electrons. The second-order valence-corrected chi connectivity index (χ2v) is 11.0. The van der Waals surface area contributed by atoms with Gasteiger partial charge >= 0.3 is 0 Å². The van der Waals surface area contributed by atoms with E-state index in [1.165, 1.54) is 0 Å². The Balaban J connectivity index is 1.44. The van der Waals surface area contributed by atoms with Gasteiger partial charge in [0.1, 0.15) is 18.9 Å². The average Bonchev–Trinajstić information content (AvgIpc) is 3.08. The minimum atomic E-state index is -0.477. The number of benzene rings is 3. The smallest absolute Gasteiger partial charge is 0.294 e. The van der Waals surface area contributed by atoms with Crippen LogP contribution < -0.4 is 10.1 Å². The number of anilines is 1. The van der Waals surface area contributed by atoms with Gasteiger partial charge in [-0.15, -0.1) is 0 Å². The van der Waals surface area contributed by atoms with Gasteiger partial charge < -0.3 is 10.1 Å². The number of halogens is 2. The van der Waals surface area contributed by atoms with Crippen molar-refractivity contribution in [2.75, 3.05) is 11.9 Å². The summed E-state index contributed by atoms with van der Waals surface area (Å²) in [4.78, 5) is 39.1. The maximum absolute atomic E-state index is 12.9. The van der Waals surface area contributed by atoms with Crippen LogP contribution in [0.1, 0.15) is 16.7 Å². The third-order valence-electron chi connectivity index (χ3n) is 5.14. The van der Waals surface area contributed by atoms with Crippen LogP contribution in [0.15, 0.2) is 71.6 Å². The van der Waals surface area contributed by atoms with Crippen LogP contribution in [-0.4, -0.2) is 28.5 Å². The first kappa shape index (κ1) is 25.7. The molecule has 6 nitrogen and oxygen atoms in total. The van der Waals surface area contributed by atoms with E-state index < -0.39 is 17.1 Å². The predicted molar refractivity (Wildman–Crippen MR) is 155 cm³/mol. The van der Waals surface area contributed by atoms with Gasteiger partial charge in [-0.05, 0) is 105 Å². The lowest BCUT2D eigenvalue weighted by molar-refractivity contribution is -0.127. The molecule has 35 heavy (non-hydrogen) atoms. The molecule has 0 saturated carbocycles. The maximum atomic E-state index is 12.9. The molecule has 1 aliphatic rings. The summed E-state index contributed by atoms with van der Waals surface area (Å²) in [7, 11) is 0. The summed E-state index contributed by atoms with van der Waals surface area (Å²) >= 11 is 5.24. The second-order valence-electron chi connectivity index (χ2n) is 7.72. The van der Waals surface area contributed by atoms with E-state index in [-0.39, 0.29) is 11.4 Å². The lowest BCUT2D eigenvalue weighted by Gasteiger charge is -2.13. The molecule has 9 heteroatoms. The molecular formula is C26H20I2N2O4S. The van der Waals surface area contributed by atoms with Crippen LogP contribution >= 0.6 is 56.9 Å². The molecule has 0 radical (unpaired) electrons. The number of thioether (sulfide) groups is 1. The van der Waals surface area contributed by atoms with Gasteiger partial charge in [-0.25, -0.2) is 0 Å². The van der Waals surface area contributed by atoms with Crippen LogP contribution in [0.4, 0.5) is 10.5 Å². The highest BCUT2D eigenvalue weighted by Gasteiger charge is 2.36. The Hall–Kier alpha value is -2.38. The van der Waals surface area contributed by atoms with Crippen molar-refractivity contribution in [2.24, 2.45) is 0 Å². The van der Waals surface area contributed by atoms with Gasteiger partial charge in [-0.3, -0.25) is 19.3 Å². The minimum absolute atomic E-state index is 0.281. The summed E-state index contributed by atoms with van der Waals surface area (Å²) in [6, 6.07) is 21.1. The van der Waals surface area contributed by atoms with Gasteiger partial charge in [0.05, 0.1) is 12.0 Å². The van der Waals surface area contributed by atoms with E-state index in [2.05, 4.69) is 50.5 Å². The summed E-state index contributed by atoms with van der Waals surface area (Å²) in [6.45, 7) is 1.99. The number of amides is 3. The Labute approximate surface area is 234 Å². The SMILES string of the molecule is Cc1ccccc1NC(=O)CN1C(=O)S/C(=C/c2cc(I)c(OCc3ccccc3)c(I)c2)C1=O. The molecule has 1 fully saturated rings. The number of nitrogens with zero attached hydrogens (tertiary/aromatic N) is 1. The molecule has 0 aromatic heterocycles. The number of ether oxygens (including phenoxy) is 1. The number of aryl methyl sites for hydroxylation is 1. The Morgan fingerprint density at radius 1 is 1.03 bits per heavy atom. The van der Waals surface area contributed by atoms with Gasteiger partial charge in [-0.2, -0.15) is 0 Å². The summed E-state index contributed by atoms with van der Waals surface area (Å²) in [5.41, 5.74) is 3.40. The molecule has 3 aromatic rings. The first-order valence-corrected chi connectivity index (χ1v) is 13.6. The van der Waals surface area contributed by atoms with E-state index in [1.807, 2.05) is 67.6 Å². The molecular weight excluding hydrogens is 690 g/mol. The zero-order valence-corrected chi connectivity index (χ0v) is 23.7. The molecule has 0 unspecified atom stereocenters. The van der Waals surface area contributed by atoms with Crippen LogP contribution in [-0.2, 0) is 16.2 Å². The van der Waals surface area contributed by atoms with Crippen molar-refractivity contribution in [1.82, 2.24) is 4.90 Å². The number of rotatable bonds is 7. The van der Waals surface area contributed by atoms with Crippen LogP contribution in [0.3, 0.4) is 0 Å². The predicted octanol–water partition coefficient (Wildman–Crippen LogP) is 6.46. The molecule has 3 amide bonds. The highest BCUT2D eigenvalue weighted by molar-refractivity contribution is 14.1. The zero-order chi connectivity index (χ0) is 24.9. The number of imide groups is 1. The minimum Gasteiger partial charge on any atom is -0.487 e. The summed E-state index contributed by atoms with van der Waals surface area (Å²) < 4.78 is 7.81. The molecule has 1 saturated heterocycles. The molecule has 1 heterocycles. The number of carbonyl (C=O) groups is 3. The number of hydrogen-bond acceptors (Lipinski definition) is 5. The third-order valence-corrected chi connectivity index (χ3v) is 7.65. The van der Waals surface area contributed by atoms with Crippen molar-refractivity contribution in [3.8, 4) is 5.75 Å². The molecule has 4 rings (SSSR count). The molecule has 3 aromatic carbocycles. The summed E-state index contributed by atoms with van der Waals surface area (Å²) in [5.74, 6) is -0.130. The van der Waals surface area contributed by atoms with Gasteiger partial charge in [0.2, 0.25) is 5.91 Å². The van der Waals surface area contributed by atoms with E-state index in [4.69, 9.17) is 4.74 Å². The Morgan fingerprint density at radius 2 is 1.69 bits per heavy atom. The Kier molecular flexibility index (Phi) is 8.50. The van der Waals surface area contributed by atoms with Crippen molar-refractivity contribution in [3.05, 3.63) is 95.5 Å². The summed E-state index contributed by atoms with van der Waals surface area (Å²) in [6.07, 6.45) is 1.68. The van der Waals surface area contributed by atoms with Crippen LogP contribution in [0.25, 0.3) is 6.08 Å². The maximum Gasteiger partial charge on any atom is 0.294 e. The van der Waals surface area contributed by atoms with Crippen molar-refractivity contribution >= 4 is 85.8 Å². The normalized spacial score (nSPS) is 14.5. The van der Waals surface area contributed by atoms with Crippen molar-refractivity contribution < 1.29 is 19.1 Å². The number of para-hydroxylation sites is 1. The highest BCUT2D eigenvalue weighted by Crippen LogP contribution is 2.35. The molecule has 0 spiro atoms. The number of hydrogen-bond donors (Lipinski definition) is 1. The van der Waals surface area contributed by atoms with E-state index >= 15 is 0 Å². The lowest BCUT2D eigenvalue weighted by atomic mass is 10.2. The fourth-order valence-corrected chi connectivity index (χ4v) is 6.33.